The van der Waals surface area contributed by atoms with Gasteiger partial charge in [0.15, 0.2) is 0 Å². The molecule has 5 rings (SSSR count). The molecule has 1 N–H and O–H groups in total. The maximum absolute atomic E-state index is 13.2. The summed E-state index contributed by atoms with van der Waals surface area (Å²) in [7, 11) is 0. The summed E-state index contributed by atoms with van der Waals surface area (Å²) in [4.78, 5) is 31.5. The Bertz CT molecular complexity index is 792. The molecule has 0 aromatic carbocycles. The van der Waals surface area contributed by atoms with E-state index in [0.717, 1.165) is 44.1 Å². The van der Waals surface area contributed by atoms with Gasteiger partial charge in [0.05, 0.1) is 44.2 Å². The summed E-state index contributed by atoms with van der Waals surface area (Å²) in [6, 6.07) is 4.03. The number of hydrogen-bond donors (Lipinski definition) is 1. The first kappa shape index (κ1) is 19.2. The highest BCUT2D eigenvalue weighted by Gasteiger charge is 2.66. The van der Waals surface area contributed by atoms with Crippen LogP contribution in [0.4, 0.5) is 0 Å². The quantitative estimate of drug-likeness (QED) is 0.527. The normalized spacial score (nSPS) is 33.4. The number of likely N-dealkylation sites (tertiary alicyclic amines) is 1. The molecular formula is C21H27N3O4S. The van der Waals surface area contributed by atoms with Crippen LogP contribution in [0.1, 0.15) is 11.3 Å². The van der Waals surface area contributed by atoms with Gasteiger partial charge >= 0.3 is 0 Å². The monoisotopic (exact) mass is 417 g/mol. The fourth-order valence-corrected chi connectivity index (χ4v) is 5.78. The maximum Gasteiger partial charge on any atom is 0.230 e. The summed E-state index contributed by atoms with van der Waals surface area (Å²) in [5.74, 6) is -0.848. The third-order valence-corrected chi connectivity index (χ3v) is 7.32. The van der Waals surface area contributed by atoms with Crippen molar-refractivity contribution in [3.05, 3.63) is 34.5 Å². The predicted molar refractivity (Wildman–Crippen MR) is 108 cm³/mol. The Labute approximate surface area is 174 Å². The lowest BCUT2D eigenvalue weighted by atomic mass is 9.77. The fraction of sp³-hybridized carbons (Fsp3) is 0.619. The third kappa shape index (κ3) is 3.52. The van der Waals surface area contributed by atoms with Crippen molar-refractivity contribution in [2.24, 2.45) is 11.8 Å². The molecule has 0 aliphatic carbocycles. The van der Waals surface area contributed by atoms with E-state index < -0.39 is 17.4 Å². The molecule has 4 aliphatic heterocycles. The largest absolute Gasteiger partial charge is 0.379 e. The van der Waals surface area contributed by atoms with Crippen molar-refractivity contribution in [2.45, 2.75) is 24.7 Å². The average Bonchev–Trinajstić information content (AvgIpc) is 3.49. The van der Waals surface area contributed by atoms with Crippen LogP contribution in [-0.2, 0) is 25.6 Å². The lowest BCUT2D eigenvalue weighted by Crippen LogP contribution is -2.45. The first-order valence-electron chi connectivity index (χ1n) is 10.4. The van der Waals surface area contributed by atoms with Crippen molar-refractivity contribution in [3.63, 3.8) is 0 Å². The Morgan fingerprint density at radius 3 is 3.00 bits per heavy atom. The highest BCUT2D eigenvalue weighted by molar-refractivity contribution is 7.09. The molecule has 5 heterocycles. The number of fused-ring (bicyclic) bond motifs is 1. The van der Waals surface area contributed by atoms with E-state index in [1.54, 1.807) is 11.3 Å². The molecule has 0 radical (unpaired) electrons. The second-order valence-electron chi connectivity index (χ2n) is 8.27. The molecule has 1 aromatic heterocycles. The highest BCUT2D eigenvalue weighted by atomic mass is 32.1. The smallest absolute Gasteiger partial charge is 0.230 e. The summed E-state index contributed by atoms with van der Waals surface area (Å²) < 4.78 is 11.5. The van der Waals surface area contributed by atoms with Crippen LogP contribution in [0.2, 0.25) is 0 Å². The third-order valence-electron chi connectivity index (χ3n) is 6.46. The molecule has 1 spiro atoms. The maximum atomic E-state index is 13.2. The molecule has 2 amide bonds. The number of ether oxygens (including phenoxy) is 2. The number of nitrogens with zero attached hydrogens (tertiary/aromatic N) is 2. The van der Waals surface area contributed by atoms with Crippen molar-refractivity contribution in [3.8, 4) is 0 Å². The van der Waals surface area contributed by atoms with E-state index in [-0.39, 0.29) is 17.9 Å². The van der Waals surface area contributed by atoms with Crippen molar-refractivity contribution < 1.29 is 19.1 Å². The van der Waals surface area contributed by atoms with Crippen LogP contribution < -0.4 is 5.32 Å². The summed E-state index contributed by atoms with van der Waals surface area (Å²) in [6.07, 6.45) is 4.59. The van der Waals surface area contributed by atoms with Gasteiger partial charge in [0, 0.05) is 24.5 Å². The zero-order valence-electron chi connectivity index (χ0n) is 16.4. The molecule has 4 aliphatic rings. The van der Waals surface area contributed by atoms with Gasteiger partial charge in [0.1, 0.15) is 5.60 Å². The van der Waals surface area contributed by atoms with Crippen LogP contribution >= 0.6 is 11.3 Å². The van der Waals surface area contributed by atoms with Crippen molar-refractivity contribution >= 4 is 23.2 Å². The van der Waals surface area contributed by atoms with E-state index in [9.17, 15) is 9.59 Å². The zero-order valence-corrected chi connectivity index (χ0v) is 17.2. The van der Waals surface area contributed by atoms with Crippen LogP contribution in [0.3, 0.4) is 0 Å². The van der Waals surface area contributed by atoms with E-state index in [1.165, 1.54) is 0 Å². The Morgan fingerprint density at radius 2 is 2.21 bits per heavy atom. The van der Waals surface area contributed by atoms with Gasteiger partial charge in [-0.3, -0.25) is 14.5 Å². The molecule has 1 aromatic rings. The van der Waals surface area contributed by atoms with E-state index in [2.05, 4.69) is 10.2 Å². The van der Waals surface area contributed by atoms with Crippen LogP contribution in [0.15, 0.2) is 29.7 Å². The summed E-state index contributed by atoms with van der Waals surface area (Å²) in [5.41, 5.74) is -0.630. The molecular weight excluding hydrogens is 390 g/mol. The standard InChI is InChI=1S/C21H27N3O4S/c25-19(22-6-2-7-23-8-10-27-11-9-23)17-16-4-5-21(28-16)14-24(20(26)18(17)21)13-15-3-1-12-29-15/h1,3-5,12,16-18H,2,6-11,13-14H2,(H,22,25)/t16-,17?,18-,21?/m1/s1. The van der Waals surface area contributed by atoms with Gasteiger partial charge < -0.3 is 19.7 Å². The van der Waals surface area contributed by atoms with Gasteiger partial charge in [-0.2, -0.15) is 0 Å². The molecule has 7 nitrogen and oxygen atoms in total. The Morgan fingerprint density at radius 1 is 1.34 bits per heavy atom. The van der Waals surface area contributed by atoms with Crippen LogP contribution in [0.25, 0.3) is 0 Å². The molecule has 29 heavy (non-hydrogen) atoms. The van der Waals surface area contributed by atoms with E-state index in [4.69, 9.17) is 9.47 Å². The van der Waals surface area contributed by atoms with Crippen molar-refractivity contribution in [2.75, 3.05) is 45.9 Å². The minimum absolute atomic E-state index is 0.0405. The molecule has 2 bridgehead atoms. The zero-order chi connectivity index (χ0) is 19.8. The number of amides is 2. The average molecular weight is 418 g/mol. The molecule has 0 saturated carbocycles. The number of carbonyl (C=O) groups excluding carboxylic acids is 2. The van der Waals surface area contributed by atoms with Gasteiger partial charge in [-0.15, -0.1) is 11.3 Å². The fourth-order valence-electron chi connectivity index (χ4n) is 5.06. The molecule has 4 atom stereocenters. The Kier molecular flexibility index (Phi) is 5.19. The number of morpholine rings is 1. The minimum Gasteiger partial charge on any atom is -0.379 e. The van der Waals surface area contributed by atoms with Gasteiger partial charge in [-0.05, 0) is 24.4 Å². The lowest BCUT2D eigenvalue weighted by Gasteiger charge is -2.27. The van der Waals surface area contributed by atoms with E-state index in [1.807, 2.05) is 34.6 Å². The van der Waals surface area contributed by atoms with Crippen LogP contribution in [-0.4, -0.2) is 79.3 Å². The van der Waals surface area contributed by atoms with Gasteiger partial charge in [-0.25, -0.2) is 0 Å². The first-order valence-corrected chi connectivity index (χ1v) is 11.3. The number of hydrogen-bond acceptors (Lipinski definition) is 6. The number of nitrogens with one attached hydrogen (secondary N) is 1. The molecule has 8 heteroatoms. The van der Waals surface area contributed by atoms with Gasteiger partial charge in [0.25, 0.3) is 0 Å². The number of rotatable bonds is 7. The number of carbonyl (C=O) groups is 2. The van der Waals surface area contributed by atoms with Crippen molar-refractivity contribution in [1.29, 1.82) is 0 Å². The van der Waals surface area contributed by atoms with E-state index in [0.29, 0.717) is 19.6 Å². The first-order chi connectivity index (χ1) is 14.2. The molecule has 3 saturated heterocycles. The Hall–Kier alpha value is -1.74. The topological polar surface area (TPSA) is 71.1 Å². The molecule has 156 valence electrons. The molecule has 3 fully saturated rings. The van der Waals surface area contributed by atoms with Crippen LogP contribution in [0, 0.1) is 11.8 Å². The highest BCUT2D eigenvalue weighted by Crippen LogP contribution is 2.52. The minimum atomic E-state index is -0.630. The second-order valence-corrected chi connectivity index (χ2v) is 9.30. The van der Waals surface area contributed by atoms with Crippen molar-refractivity contribution in [1.82, 2.24) is 15.1 Å². The predicted octanol–water partition coefficient (Wildman–Crippen LogP) is 0.869. The summed E-state index contributed by atoms with van der Waals surface area (Å²) >= 11 is 1.65. The Balaban J connectivity index is 1.19. The van der Waals surface area contributed by atoms with Crippen LogP contribution in [0.5, 0.6) is 0 Å². The SMILES string of the molecule is O=C(NCCCN1CCOCC1)C1[C@H]2C=CC3(CN(Cc4cccs4)C(=O)[C@@H]13)O2. The van der Waals surface area contributed by atoms with Gasteiger partial charge in [0.2, 0.25) is 11.8 Å². The van der Waals surface area contributed by atoms with Gasteiger partial charge in [-0.1, -0.05) is 18.2 Å². The number of thiophene rings is 1. The second kappa shape index (κ2) is 7.83. The molecule has 2 unspecified atom stereocenters. The lowest BCUT2D eigenvalue weighted by molar-refractivity contribution is -0.137. The summed E-state index contributed by atoms with van der Waals surface area (Å²) in [5, 5.41) is 5.08. The van der Waals surface area contributed by atoms with E-state index >= 15 is 0 Å². The summed E-state index contributed by atoms with van der Waals surface area (Å²) in [6.45, 7) is 6.17.